The van der Waals surface area contributed by atoms with Gasteiger partial charge in [0.05, 0.1) is 6.10 Å². The van der Waals surface area contributed by atoms with E-state index in [0.717, 1.165) is 0 Å². The quantitative estimate of drug-likeness (QED) is 0.568. The summed E-state index contributed by atoms with van der Waals surface area (Å²) in [4.78, 5) is 24.4. The van der Waals surface area contributed by atoms with Crippen LogP contribution in [0, 0.1) is 0 Å². The molecule has 2 N–H and O–H groups in total. The molecule has 0 aromatic heterocycles. The average Bonchev–Trinajstić information content (AvgIpc) is 2.42. The molecular weight excluding hydrogens is 244 g/mol. The highest BCUT2D eigenvalue weighted by Gasteiger charge is 2.31. The van der Waals surface area contributed by atoms with Crippen molar-refractivity contribution < 1.29 is 14.7 Å². The van der Waals surface area contributed by atoms with Crippen LogP contribution >= 0.6 is 0 Å². The van der Waals surface area contributed by atoms with E-state index in [1.54, 1.807) is 24.3 Å². The highest BCUT2D eigenvalue weighted by Crippen LogP contribution is 2.16. The van der Waals surface area contributed by atoms with Crippen molar-refractivity contribution in [1.29, 1.82) is 0 Å². The molecule has 0 radical (unpaired) electrons. The summed E-state index contributed by atoms with van der Waals surface area (Å²) in [6, 6.07) is -0.520. The molecule has 2 amide bonds. The van der Waals surface area contributed by atoms with Gasteiger partial charge in [-0.25, -0.2) is 0 Å². The Hall–Kier alpha value is -1.88. The van der Waals surface area contributed by atoms with Gasteiger partial charge in [-0.05, 0) is 25.8 Å². The van der Waals surface area contributed by atoms with Crippen LogP contribution in [-0.4, -0.2) is 41.0 Å². The average molecular weight is 264 g/mol. The van der Waals surface area contributed by atoms with Crippen molar-refractivity contribution in [2.24, 2.45) is 0 Å². The van der Waals surface area contributed by atoms with Crippen molar-refractivity contribution >= 4 is 12.3 Å². The summed E-state index contributed by atoms with van der Waals surface area (Å²) < 4.78 is 0. The van der Waals surface area contributed by atoms with Crippen LogP contribution in [0.5, 0.6) is 0 Å². The van der Waals surface area contributed by atoms with Gasteiger partial charge in [0.1, 0.15) is 6.04 Å². The Labute approximate surface area is 113 Å². The summed E-state index contributed by atoms with van der Waals surface area (Å²) >= 11 is 0. The molecule has 104 valence electrons. The van der Waals surface area contributed by atoms with Gasteiger partial charge in [0, 0.05) is 12.2 Å². The number of piperidine rings is 1. The van der Waals surface area contributed by atoms with E-state index < -0.39 is 12.1 Å². The van der Waals surface area contributed by atoms with Crippen LogP contribution in [0.2, 0.25) is 0 Å². The Morgan fingerprint density at radius 3 is 2.79 bits per heavy atom. The number of allylic oxidation sites excluding steroid dienone is 4. The lowest BCUT2D eigenvalue weighted by Gasteiger charge is -2.34. The number of hydrogen-bond acceptors (Lipinski definition) is 3. The summed E-state index contributed by atoms with van der Waals surface area (Å²) in [5.74, 6) is -0.235. The van der Waals surface area contributed by atoms with E-state index >= 15 is 0 Å². The molecule has 1 rings (SSSR count). The largest absolute Gasteiger partial charge is 0.391 e. The number of carbonyl (C=O) groups is 2. The number of rotatable bonds is 5. The van der Waals surface area contributed by atoms with Crippen LogP contribution in [0.25, 0.3) is 0 Å². The van der Waals surface area contributed by atoms with Gasteiger partial charge in [-0.2, -0.15) is 0 Å². The van der Waals surface area contributed by atoms with Crippen molar-refractivity contribution in [3.8, 4) is 0 Å². The minimum absolute atomic E-state index is 0.204. The van der Waals surface area contributed by atoms with Crippen molar-refractivity contribution in [1.82, 2.24) is 10.2 Å². The zero-order valence-electron chi connectivity index (χ0n) is 11.1. The van der Waals surface area contributed by atoms with Gasteiger partial charge in [0.2, 0.25) is 12.3 Å². The van der Waals surface area contributed by atoms with E-state index in [2.05, 4.69) is 11.9 Å². The van der Waals surface area contributed by atoms with Crippen LogP contribution in [0.15, 0.2) is 36.6 Å². The van der Waals surface area contributed by atoms with E-state index in [4.69, 9.17) is 0 Å². The highest BCUT2D eigenvalue weighted by molar-refractivity contribution is 5.85. The Morgan fingerprint density at radius 2 is 2.21 bits per heavy atom. The molecule has 1 fully saturated rings. The monoisotopic (exact) mass is 264 g/mol. The molecular formula is C14H20N2O3. The molecule has 5 heteroatoms. The third-order valence-electron chi connectivity index (χ3n) is 3.02. The minimum atomic E-state index is -0.545. The molecule has 1 aliphatic heterocycles. The molecule has 0 aromatic carbocycles. The van der Waals surface area contributed by atoms with E-state index in [9.17, 15) is 14.7 Å². The fourth-order valence-electron chi connectivity index (χ4n) is 1.98. The second kappa shape index (κ2) is 7.53. The highest BCUT2D eigenvalue weighted by atomic mass is 16.3. The van der Waals surface area contributed by atoms with Crippen molar-refractivity contribution in [2.75, 3.05) is 6.54 Å². The predicted octanol–water partition coefficient (Wildman–Crippen LogP) is 0.730. The number of hydrogen-bond donors (Lipinski definition) is 2. The number of likely N-dealkylation sites (tertiary alicyclic amines) is 1. The van der Waals surface area contributed by atoms with Gasteiger partial charge in [-0.15, -0.1) is 0 Å². The van der Waals surface area contributed by atoms with Gasteiger partial charge in [-0.3, -0.25) is 9.59 Å². The third kappa shape index (κ3) is 4.37. The fourth-order valence-corrected chi connectivity index (χ4v) is 1.98. The standard InChI is InChI=1S/C14H20N2O3/c1-3-5-6-11(4-2)15-14(19)13-8-7-12(18)9-16(13)10-17/h3-6,10,12-13,18H,1,7-9H2,2H3,(H,15,19)/b6-5-,11-4+. The first-order valence-electron chi connectivity index (χ1n) is 6.27. The lowest BCUT2D eigenvalue weighted by molar-refractivity contribution is -0.136. The number of aliphatic hydroxyl groups is 1. The maximum Gasteiger partial charge on any atom is 0.247 e. The second-order valence-electron chi connectivity index (χ2n) is 4.38. The molecule has 1 aliphatic rings. The summed E-state index contributed by atoms with van der Waals surface area (Å²) in [5, 5.41) is 12.2. The smallest absolute Gasteiger partial charge is 0.247 e. The molecule has 0 bridgehead atoms. The lowest BCUT2D eigenvalue weighted by atomic mass is 10.00. The molecule has 0 aromatic rings. The first kappa shape index (κ1) is 15.2. The molecule has 19 heavy (non-hydrogen) atoms. The van der Waals surface area contributed by atoms with E-state index in [1.807, 2.05) is 6.92 Å². The van der Waals surface area contributed by atoms with Gasteiger partial charge in [-0.1, -0.05) is 24.8 Å². The summed E-state index contributed by atoms with van der Waals surface area (Å²) in [5.41, 5.74) is 0.655. The Kier molecular flexibility index (Phi) is 6.02. The maximum absolute atomic E-state index is 12.1. The summed E-state index contributed by atoms with van der Waals surface area (Å²) in [7, 11) is 0. The van der Waals surface area contributed by atoms with Crippen LogP contribution in [0.1, 0.15) is 19.8 Å². The summed E-state index contributed by atoms with van der Waals surface area (Å²) in [6.07, 6.45) is 7.89. The molecule has 1 heterocycles. The van der Waals surface area contributed by atoms with Crippen LogP contribution in [0.3, 0.4) is 0 Å². The van der Waals surface area contributed by atoms with Crippen LogP contribution in [0.4, 0.5) is 0 Å². The maximum atomic E-state index is 12.1. The molecule has 0 spiro atoms. The molecule has 0 saturated carbocycles. The zero-order chi connectivity index (χ0) is 14.3. The van der Waals surface area contributed by atoms with Gasteiger partial charge < -0.3 is 15.3 Å². The first-order valence-corrected chi connectivity index (χ1v) is 6.27. The number of nitrogens with one attached hydrogen (secondary N) is 1. The van der Waals surface area contributed by atoms with Crippen molar-refractivity contribution in [3.63, 3.8) is 0 Å². The first-order chi connectivity index (χ1) is 9.12. The predicted molar refractivity (Wildman–Crippen MR) is 73.0 cm³/mol. The second-order valence-corrected chi connectivity index (χ2v) is 4.38. The number of amides is 2. The normalized spacial score (nSPS) is 24.3. The topological polar surface area (TPSA) is 69.6 Å². The minimum Gasteiger partial charge on any atom is -0.391 e. The molecule has 2 unspecified atom stereocenters. The van der Waals surface area contributed by atoms with Crippen molar-refractivity contribution in [2.45, 2.75) is 31.9 Å². The number of carbonyl (C=O) groups excluding carboxylic acids is 2. The number of β-amino-alcohol motifs (C(OH)–C–C–N with tert-alkyl or cyclic N) is 1. The molecule has 2 atom stereocenters. The Morgan fingerprint density at radius 1 is 1.47 bits per heavy atom. The Bertz CT molecular complexity index is 401. The fraction of sp³-hybridized carbons (Fsp3) is 0.429. The van der Waals surface area contributed by atoms with Crippen molar-refractivity contribution in [3.05, 3.63) is 36.6 Å². The van der Waals surface area contributed by atoms with E-state index in [1.165, 1.54) is 4.90 Å². The summed E-state index contributed by atoms with van der Waals surface area (Å²) in [6.45, 7) is 5.57. The van der Waals surface area contributed by atoms with Gasteiger partial charge in [0.15, 0.2) is 0 Å². The lowest BCUT2D eigenvalue weighted by Crippen LogP contribution is -2.52. The van der Waals surface area contributed by atoms with Gasteiger partial charge in [0.25, 0.3) is 0 Å². The Balaban J connectivity index is 2.68. The SMILES string of the molecule is C=C/C=C\C(=C/C)NC(=O)C1CCC(O)CN1C=O. The number of aliphatic hydroxyl groups excluding tert-OH is 1. The molecule has 5 nitrogen and oxygen atoms in total. The van der Waals surface area contributed by atoms with Gasteiger partial charge >= 0.3 is 0 Å². The van der Waals surface area contributed by atoms with Crippen LogP contribution < -0.4 is 5.32 Å². The third-order valence-corrected chi connectivity index (χ3v) is 3.02. The molecule has 0 aliphatic carbocycles. The van der Waals surface area contributed by atoms with E-state index in [-0.39, 0.29) is 12.5 Å². The number of nitrogens with zero attached hydrogens (tertiary/aromatic N) is 1. The van der Waals surface area contributed by atoms with Crippen LogP contribution in [-0.2, 0) is 9.59 Å². The molecule has 1 saturated heterocycles. The van der Waals surface area contributed by atoms with E-state index in [0.29, 0.717) is 24.9 Å². The zero-order valence-corrected chi connectivity index (χ0v) is 11.1.